The van der Waals surface area contributed by atoms with Crippen molar-refractivity contribution in [3.05, 3.63) is 88.3 Å². The molecular weight excluding hydrogens is 614 g/mol. The van der Waals surface area contributed by atoms with E-state index in [4.69, 9.17) is 13.7 Å². The van der Waals surface area contributed by atoms with Crippen LogP contribution in [0.4, 0.5) is 0 Å². The fraction of sp³-hybridized carbons (Fsp3) is 0.474. The molecule has 5 rings (SSSR count). The largest absolute Gasteiger partial charge is 0.490 e. The number of ketones is 2. The molecule has 0 unspecified atom stereocenters. The highest BCUT2D eigenvalue weighted by Gasteiger charge is 2.49. The summed E-state index contributed by atoms with van der Waals surface area (Å²) in [5, 5.41) is 0. The number of carbonyl (C=O) groups excluding carboxylic acids is 2. The quantitative estimate of drug-likeness (QED) is 0.184. The summed E-state index contributed by atoms with van der Waals surface area (Å²) in [4.78, 5) is 30.6. The summed E-state index contributed by atoms with van der Waals surface area (Å²) < 4.78 is 44.4. The number of benzene rings is 2. The van der Waals surface area contributed by atoms with Crippen LogP contribution in [0, 0.1) is 17.8 Å². The van der Waals surface area contributed by atoms with Crippen LogP contribution in [0.15, 0.2) is 76.5 Å². The number of allylic oxidation sites excluding steroid dienone is 5. The molecule has 0 saturated carbocycles. The minimum absolute atomic E-state index is 0.0124. The van der Waals surface area contributed by atoms with Crippen molar-refractivity contribution in [3.63, 3.8) is 0 Å². The molecule has 47 heavy (non-hydrogen) atoms. The lowest BCUT2D eigenvalue weighted by molar-refractivity contribution is -0.119. The van der Waals surface area contributed by atoms with Crippen LogP contribution >= 0.6 is 0 Å². The fourth-order valence-electron chi connectivity index (χ4n) is 7.21. The topological polar surface area (TPSA) is 99.2 Å². The molecular formula is C38H47NO7S. The molecule has 0 spiro atoms. The van der Waals surface area contributed by atoms with Gasteiger partial charge in [-0.15, -0.1) is 6.58 Å². The first-order valence-electron chi connectivity index (χ1n) is 16.3. The molecule has 3 aliphatic rings. The number of aryl methyl sites for hydroxylation is 1. The second-order valence-corrected chi connectivity index (χ2v) is 16.0. The zero-order chi connectivity index (χ0) is 34.3. The van der Waals surface area contributed by atoms with E-state index in [9.17, 15) is 18.0 Å². The van der Waals surface area contributed by atoms with E-state index in [1.807, 2.05) is 19.9 Å². The SMILES string of the molecule is C=CCc1cc(C2C3=C(CC(C)(C)CC3=O)N(CCOC)C3=C2C(=O)CC(C)(C)C3)cc(OCC)c1OS(=O)(=O)c1ccc(C)cc1. The van der Waals surface area contributed by atoms with Crippen molar-refractivity contribution in [1.29, 1.82) is 0 Å². The molecule has 2 aliphatic carbocycles. The molecule has 0 fully saturated rings. The van der Waals surface area contributed by atoms with Crippen LogP contribution < -0.4 is 8.92 Å². The number of ether oxygens (including phenoxy) is 2. The molecule has 0 amide bonds. The van der Waals surface area contributed by atoms with Gasteiger partial charge in [-0.2, -0.15) is 8.42 Å². The Labute approximate surface area is 279 Å². The van der Waals surface area contributed by atoms with Gasteiger partial charge < -0.3 is 18.6 Å². The van der Waals surface area contributed by atoms with Crippen LogP contribution in [0.25, 0.3) is 0 Å². The van der Waals surface area contributed by atoms with Gasteiger partial charge in [0.1, 0.15) is 4.90 Å². The molecule has 0 atom stereocenters. The van der Waals surface area contributed by atoms with Gasteiger partial charge in [-0.25, -0.2) is 0 Å². The number of Topliss-reactive ketones (excluding diaryl/α,β-unsaturated/α-hetero) is 2. The highest BCUT2D eigenvalue weighted by atomic mass is 32.2. The van der Waals surface area contributed by atoms with E-state index < -0.39 is 16.0 Å². The molecule has 2 aromatic carbocycles. The van der Waals surface area contributed by atoms with Crippen LogP contribution in [0.3, 0.4) is 0 Å². The Morgan fingerprint density at radius 1 is 0.936 bits per heavy atom. The summed E-state index contributed by atoms with van der Waals surface area (Å²) in [6, 6.07) is 10.1. The first-order chi connectivity index (χ1) is 22.1. The predicted octanol–water partition coefficient (Wildman–Crippen LogP) is 7.22. The zero-order valence-corrected chi connectivity index (χ0v) is 29.5. The second-order valence-electron chi connectivity index (χ2n) is 14.5. The number of methoxy groups -OCH3 is 1. The van der Waals surface area contributed by atoms with Crippen molar-refractivity contribution in [2.75, 3.05) is 26.9 Å². The van der Waals surface area contributed by atoms with Gasteiger partial charge in [-0.05, 0) is 67.7 Å². The summed E-state index contributed by atoms with van der Waals surface area (Å²) in [6.45, 7) is 17.2. The van der Waals surface area contributed by atoms with Gasteiger partial charge in [0.2, 0.25) is 0 Å². The van der Waals surface area contributed by atoms with Crippen molar-refractivity contribution in [2.45, 2.75) is 84.5 Å². The molecule has 252 valence electrons. The lowest BCUT2D eigenvalue weighted by atomic mass is 9.63. The first-order valence-corrected chi connectivity index (χ1v) is 17.7. The molecule has 0 saturated heterocycles. The normalized spacial score (nSPS) is 19.4. The fourth-order valence-corrected chi connectivity index (χ4v) is 8.19. The van der Waals surface area contributed by atoms with Crippen LogP contribution in [0.1, 0.15) is 82.9 Å². The van der Waals surface area contributed by atoms with Gasteiger partial charge in [0.15, 0.2) is 23.1 Å². The molecule has 0 N–H and O–H groups in total. The molecule has 0 bridgehead atoms. The molecule has 2 aromatic rings. The monoisotopic (exact) mass is 661 g/mol. The molecule has 8 nitrogen and oxygen atoms in total. The van der Waals surface area contributed by atoms with E-state index in [0.717, 1.165) is 17.0 Å². The standard InChI is InChI=1S/C38H47NO7S/c1-9-11-25-18-26(19-32(45-10-2)36(25)46-47(42,43)27-14-12-24(3)13-15-27)33-34-28(20-37(4,5)22-30(34)40)39(16-17-44-8)29-21-38(6,7)23-31(41)35(29)33/h9,12-15,18-19,33H,1,10-11,16-17,20-23H2,2-8H3. The third-order valence-corrected chi connectivity index (χ3v) is 10.4. The Morgan fingerprint density at radius 3 is 2.02 bits per heavy atom. The maximum absolute atomic E-state index is 14.2. The maximum atomic E-state index is 14.2. The number of hydrogen-bond donors (Lipinski definition) is 0. The lowest BCUT2D eigenvalue weighted by Gasteiger charge is -2.49. The molecule has 0 radical (unpaired) electrons. The van der Waals surface area contributed by atoms with Crippen molar-refractivity contribution in [3.8, 4) is 11.5 Å². The van der Waals surface area contributed by atoms with Gasteiger partial charge >= 0.3 is 10.1 Å². The van der Waals surface area contributed by atoms with Crippen molar-refractivity contribution < 1.29 is 31.7 Å². The summed E-state index contributed by atoms with van der Waals surface area (Å²) in [7, 11) is -2.55. The van der Waals surface area contributed by atoms with Gasteiger partial charge in [0, 0.05) is 60.5 Å². The number of nitrogens with zero attached hydrogens (tertiary/aromatic N) is 1. The maximum Gasteiger partial charge on any atom is 0.339 e. The van der Waals surface area contributed by atoms with E-state index in [-0.39, 0.29) is 51.8 Å². The summed E-state index contributed by atoms with van der Waals surface area (Å²) in [5.41, 5.74) is 4.75. The van der Waals surface area contributed by atoms with E-state index in [1.165, 1.54) is 12.1 Å². The Balaban J connectivity index is 1.75. The minimum Gasteiger partial charge on any atom is -0.490 e. The summed E-state index contributed by atoms with van der Waals surface area (Å²) >= 11 is 0. The van der Waals surface area contributed by atoms with Crippen LogP contribution in [0.5, 0.6) is 11.5 Å². The number of hydrogen-bond acceptors (Lipinski definition) is 8. The minimum atomic E-state index is -4.21. The summed E-state index contributed by atoms with van der Waals surface area (Å²) in [6.07, 6.45) is 4.01. The van der Waals surface area contributed by atoms with E-state index >= 15 is 0 Å². The Bertz CT molecular complexity index is 1710. The Hall–Kier alpha value is -3.69. The Kier molecular flexibility index (Phi) is 9.64. The van der Waals surface area contributed by atoms with Gasteiger partial charge in [0.25, 0.3) is 0 Å². The number of carbonyl (C=O) groups is 2. The third kappa shape index (κ3) is 6.97. The van der Waals surface area contributed by atoms with Crippen molar-refractivity contribution >= 4 is 21.7 Å². The third-order valence-electron chi connectivity index (χ3n) is 9.20. The molecule has 1 heterocycles. The highest BCUT2D eigenvalue weighted by molar-refractivity contribution is 7.87. The molecule has 9 heteroatoms. The molecule has 1 aliphatic heterocycles. The van der Waals surface area contributed by atoms with Crippen LogP contribution in [-0.2, 0) is 30.9 Å². The number of rotatable bonds is 11. The van der Waals surface area contributed by atoms with Crippen LogP contribution in [-0.4, -0.2) is 51.8 Å². The summed E-state index contributed by atoms with van der Waals surface area (Å²) in [5.74, 6) is -0.298. The van der Waals surface area contributed by atoms with Gasteiger partial charge in [0.05, 0.1) is 13.2 Å². The average molecular weight is 662 g/mol. The van der Waals surface area contributed by atoms with Crippen molar-refractivity contribution in [1.82, 2.24) is 4.90 Å². The Morgan fingerprint density at radius 2 is 1.51 bits per heavy atom. The van der Waals surface area contributed by atoms with E-state index in [0.29, 0.717) is 61.1 Å². The predicted molar refractivity (Wildman–Crippen MR) is 182 cm³/mol. The van der Waals surface area contributed by atoms with Crippen LogP contribution in [0.2, 0.25) is 0 Å². The second kappa shape index (κ2) is 13.1. The van der Waals surface area contributed by atoms with Crippen molar-refractivity contribution in [2.24, 2.45) is 10.8 Å². The molecule has 0 aromatic heterocycles. The van der Waals surface area contributed by atoms with E-state index in [2.05, 4.69) is 39.2 Å². The van der Waals surface area contributed by atoms with Gasteiger partial charge in [-0.3, -0.25) is 9.59 Å². The first kappa shape index (κ1) is 34.6. The zero-order valence-electron chi connectivity index (χ0n) is 28.7. The van der Waals surface area contributed by atoms with E-state index in [1.54, 1.807) is 31.4 Å². The highest BCUT2D eigenvalue weighted by Crippen LogP contribution is 2.55. The smallest absolute Gasteiger partial charge is 0.339 e. The average Bonchev–Trinajstić information content (AvgIpc) is 2.96. The van der Waals surface area contributed by atoms with Gasteiger partial charge in [-0.1, -0.05) is 57.5 Å². The lowest BCUT2D eigenvalue weighted by Crippen LogP contribution is -2.45.